The third-order valence-electron chi connectivity index (χ3n) is 2.40. The second-order valence-corrected chi connectivity index (χ2v) is 4.83. The highest BCUT2D eigenvalue weighted by atomic mass is 31.1. The van der Waals surface area contributed by atoms with E-state index in [1.807, 2.05) is 12.1 Å². The van der Waals surface area contributed by atoms with Crippen molar-refractivity contribution in [3.05, 3.63) is 12.1 Å². The highest BCUT2D eigenvalue weighted by molar-refractivity contribution is 7.47. The normalized spacial score (nSPS) is 10.8. The maximum atomic E-state index is 5.50. The third kappa shape index (κ3) is 3.76. The molecule has 0 amide bonds. The fourth-order valence-electron chi connectivity index (χ4n) is 1.50. The van der Waals surface area contributed by atoms with Gasteiger partial charge < -0.3 is 19.9 Å². The first-order valence-corrected chi connectivity index (χ1v) is 6.71. The standard InChI is InChI=1S/C12H20NO3P/c1-14-9-7-10(15-2)12(11(8-9)16-3)17-6-4-5-13/h7-8,17H,4-6,13H2,1-3H3. The van der Waals surface area contributed by atoms with Gasteiger partial charge in [-0.3, -0.25) is 0 Å². The molecule has 0 saturated carbocycles. The third-order valence-corrected chi connectivity index (χ3v) is 3.85. The minimum Gasteiger partial charge on any atom is -0.496 e. The van der Waals surface area contributed by atoms with Crippen LogP contribution in [0, 0.1) is 0 Å². The maximum absolute atomic E-state index is 5.50. The summed E-state index contributed by atoms with van der Waals surface area (Å²) < 4.78 is 16.0. The summed E-state index contributed by atoms with van der Waals surface area (Å²) in [6.45, 7) is 0.716. The summed E-state index contributed by atoms with van der Waals surface area (Å²) in [6, 6.07) is 3.76. The van der Waals surface area contributed by atoms with Crippen molar-refractivity contribution in [2.45, 2.75) is 6.42 Å². The Morgan fingerprint density at radius 2 is 1.65 bits per heavy atom. The first-order chi connectivity index (χ1) is 8.26. The van der Waals surface area contributed by atoms with Crippen LogP contribution in [-0.4, -0.2) is 34.0 Å². The van der Waals surface area contributed by atoms with E-state index in [1.165, 1.54) is 0 Å². The summed E-state index contributed by atoms with van der Waals surface area (Å²) in [7, 11) is 5.58. The lowest BCUT2D eigenvalue weighted by Crippen LogP contribution is -2.08. The van der Waals surface area contributed by atoms with Gasteiger partial charge in [0, 0.05) is 12.1 Å². The fourth-order valence-corrected chi connectivity index (χ4v) is 2.82. The first-order valence-electron chi connectivity index (χ1n) is 5.50. The van der Waals surface area contributed by atoms with Gasteiger partial charge >= 0.3 is 0 Å². The van der Waals surface area contributed by atoms with Crippen molar-refractivity contribution >= 4 is 13.9 Å². The van der Waals surface area contributed by atoms with E-state index in [-0.39, 0.29) is 0 Å². The van der Waals surface area contributed by atoms with Gasteiger partial charge in [-0.15, -0.1) is 0 Å². The van der Waals surface area contributed by atoms with E-state index in [1.54, 1.807) is 21.3 Å². The molecule has 0 aliphatic heterocycles. The van der Waals surface area contributed by atoms with Crippen LogP contribution in [0.2, 0.25) is 0 Å². The molecule has 0 saturated heterocycles. The van der Waals surface area contributed by atoms with E-state index in [4.69, 9.17) is 19.9 Å². The van der Waals surface area contributed by atoms with Gasteiger partial charge in [0.05, 0.1) is 26.6 Å². The Morgan fingerprint density at radius 1 is 1.06 bits per heavy atom. The van der Waals surface area contributed by atoms with Crippen LogP contribution in [0.5, 0.6) is 17.2 Å². The van der Waals surface area contributed by atoms with Gasteiger partial charge in [-0.25, -0.2) is 0 Å². The highest BCUT2D eigenvalue weighted by Gasteiger charge is 2.12. The highest BCUT2D eigenvalue weighted by Crippen LogP contribution is 2.32. The van der Waals surface area contributed by atoms with E-state index in [9.17, 15) is 0 Å². The molecule has 0 aliphatic carbocycles. The van der Waals surface area contributed by atoms with Crippen molar-refractivity contribution in [2.75, 3.05) is 34.0 Å². The van der Waals surface area contributed by atoms with Crippen LogP contribution in [0.25, 0.3) is 0 Å². The quantitative estimate of drug-likeness (QED) is 0.592. The van der Waals surface area contributed by atoms with Crippen molar-refractivity contribution in [3.63, 3.8) is 0 Å². The average molecular weight is 257 g/mol. The maximum Gasteiger partial charge on any atom is 0.133 e. The SMILES string of the molecule is COc1cc(OC)c(PCCCN)c(OC)c1. The zero-order valence-electron chi connectivity index (χ0n) is 10.6. The van der Waals surface area contributed by atoms with Crippen LogP contribution in [0.4, 0.5) is 0 Å². The summed E-state index contributed by atoms with van der Waals surface area (Å²) >= 11 is 0. The van der Waals surface area contributed by atoms with E-state index >= 15 is 0 Å². The van der Waals surface area contributed by atoms with Crippen LogP contribution in [0.1, 0.15) is 6.42 Å². The van der Waals surface area contributed by atoms with Gasteiger partial charge in [0.25, 0.3) is 0 Å². The molecular weight excluding hydrogens is 237 g/mol. The van der Waals surface area contributed by atoms with Crippen LogP contribution in [-0.2, 0) is 0 Å². The Hall–Kier alpha value is -0.990. The molecule has 1 unspecified atom stereocenters. The minimum absolute atomic E-state index is 0.635. The van der Waals surface area contributed by atoms with Gasteiger partial charge in [0.2, 0.25) is 0 Å². The van der Waals surface area contributed by atoms with Crippen LogP contribution < -0.4 is 25.2 Å². The number of ether oxygens (including phenoxy) is 3. The summed E-state index contributed by atoms with van der Waals surface area (Å²) in [5, 5.41) is 1.10. The second kappa shape index (κ2) is 7.36. The molecular formula is C12H20NO3P. The summed E-state index contributed by atoms with van der Waals surface area (Å²) in [4.78, 5) is 0. The summed E-state index contributed by atoms with van der Waals surface area (Å²) in [5.74, 6) is 2.37. The van der Waals surface area contributed by atoms with Crippen molar-refractivity contribution in [1.82, 2.24) is 0 Å². The molecule has 96 valence electrons. The Morgan fingerprint density at radius 3 is 2.06 bits per heavy atom. The lowest BCUT2D eigenvalue weighted by molar-refractivity contribution is 0.380. The topological polar surface area (TPSA) is 53.7 Å². The molecule has 0 radical (unpaired) electrons. The van der Waals surface area contributed by atoms with Crippen molar-refractivity contribution in [2.24, 2.45) is 5.73 Å². The zero-order valence-corrected chi connectivity index (χ0v) is 11.6. The van der Waals surface area contributed by atoms with Gasteiger partial charge in [-0.2, -0.15) is 0 Å². The molecule has 4 nitrogen and oxygen atoms in total. The molecule has 1 aromatic rings. The summed E-state index contributed by atoms with van der Waals surface area (Å²) in [5.41, 5.74) is 5.50. The molecule has 17 heavy (non-hydrogen) atoms. The van der Waals surface area contributed by atoms with Gasteiger partial charge in [-0.1, -0.05) is 8.58 Å². The van der Waals surface area contributed by atoms with E-state index in [0.29, 0.717) is 15.1 Å². The van der Waals surface area contributed by atoms with E-state index < -0.39 is 0 Å². The van der Waals surface area contributed by atoms with Gasteiger partial charge in [0.1, 0.15) is 17.2 Å². The van der Waals surface area contributed by atoms with Gasteiger partial charge in [0.15, 0.2) is 0 Å². The number of methoxy groups -OCH3 is 3. The zero-order chi connectivity index (χ0) is 12.7. The number of hydrogen-bond acceptors (Lipinski definition) is 4. The van der Waals surface area contributed by atoms with Crippen molar-refractivity contribution in [3.8, 4) is 17.2 Å². The second-order valence-electron chi connectivity index (χ2n) is 3.48. The van der Waals surface area contributed by atoms with E-state index in [0.717, 1.165) is 35.1 Å². The molecule has 0 fully saturated rings. The molecule has 2 N–H and O–H groups in total. The number of nitrogens with two attached hydrogens (primary N) is 1. The molecule has 0 aromatic heterocycles. The van der Waals surface area contributed by atoms with Gasteiger partial charge in [-0.05, 0) is 19.1 Å². The number of hydrogen-bond donors (Lipinski definition) is 1. The monoisotopic (exact) mass is 257 g/mol. The smallest absolute Gasteiger partial charge is 0.133 e. The average Bonchev–Trinajstić information content (AvgIpc) is 2.38. The predicted molar refractivity (Wildman–Crippen MR) is 72.6 cm³/mol. The molecule has 1 atom stereocenters. The minimum atomic E-state index is 0.635. The van der Waals surface area contributed by atoms with Crippen molar-refractivity contribution < 1.29 is 14.2 Å². The molecule has 0 bridgehead atoms. The molecule has 0 heterocycles. The number of rotatable bonds is 7. The Labute approximate surface area is 104 Å². The Kier molecular flexibility index (Phi) is 6.09. The van der Waals surface area contributed by atoms with Crippen LogP contribution in [0.3, 0.4) is 0 Å². The van der Waals surface area contributed by atoms with Crippen LogP contribution in [0.15, 0.2) is 12.1 Å². The molecule has 0 spiro atoms. The first kappa shape index (κ1) is 14.1. The Bertz CT molecular complexity index is 333. The Balaban J connectivity index is 2.98. The summed E-state index contributed by atoms with van der Waals surface area (Å²) in [6.07, 6.45) is 2.06. The molecule has 5 heteroatoms. The largest absolute Gasteiger partial charge is 0.496 e. The fraction of sp³-hybridized carbons (Fsp3) is 0.500. The van der Waals surface area contributed by atoms with Crippen LogP contribution >= 0.6 is 8.58 Å². The lowest BCUT2D eigenvalue weighted by atomic mass is 10.3. The van der Waals surface area contributed by atoms with Crippen molar-refractivity contribution in [1.29, 1.82) is 0 Å². The number of benzene rings is 1. The lowest BCUT2D eigenvalue weighted by Gasteiger charge is -2.14. The van der Waals surface area contributed by atoms with E-state index in [2.05, 4.69) is 0 Å². The molecule has 1 aromatic carbocycles. The predicted octanol–water partition coefficient (Wildman–Crippen LogP) is 1.36. The molecule has 1 rings (SSSR count). The molecule has 0 aliphatic rings.